The van der Waals surface area contributed by atoms with Crippen LogP contribution < -0.4 is 0 Å². The summed E-state index contributed by atoms with van der Waals surface area (Å²) in [5, 5.41) is 8.91. The smallest absolute Gasteiger partial charge is 0.185 e. The average Bonchev–Trinajstić information content (AvgIpc) is 2.08. The van der Waals surface area contributed by atoms with Crippen LogP contribution in [0.1, 0.15) is 27.2 Å². The Morgan fingerprint density at radius 1 is 1.25 bits per heavy atom. The maximum Gasteiger partial charge on any atom is 0.185 e. The molecule has 0 amide bonds. The molecule has 0 saturated carbocycles. The van der Waals surface area contributed by atoms with E-state index in [0.29, 0.717) is 6.42 Å². The summed E-state index contributed by atoms with van der Waals surface area (Å²) in [7, 11) is 3.12. The number of ether oxygens (including phenoxy) is 2. The van der Waals surface area contributed by atoms with E-state index in [2.05, 4.69) is 6.07 Å². The third kappa shape index (κ3) is 1.60. The van der Waals surface area contributed by atoms with Crippen LogP contribution in [0, 0.1) is 16.7 Å². The van der Waals surface area contributed by atoms with Crippen molar-refractivity contribution in [1.29, 1.82) is 5.26 Å². The van der Waals surface area contributed by atoms with E-state index in [9.17, 15) is 0 Å². The van der Waals surface area contributed by atoms with E-state index < -0.39 is 11.2 Å². The Morgan fingerprint density at radius 3 is 1.75 bits per heavy atom. The lowest BCUT2D eigenvalue weighted by Crippen LogP contribution is -2.46. The van der Waals surface area contributed by atoms with E-state index in [-0.39, 0.29) is 0 Å². The Balaban J connectivity index is 4.85. The van der Waals surface area contributed by atoms with Crippen LogP contribution in [0.4, 0.5) is 0 Å². The van der Waals surface area contributed by atoms with Crippen molar-refractivity contribution >= 4 is 0 Å². The van der Waals surface area contributed by atoms with Gasteiger partial charge in [0.05, 0.1) is 6.07 Å². The molecule has 0 bridgehead atoms. The van der Waals surface area contributed by atoms with Crippen LogP contribution in [0.25, 0.3) is 0 Å². The molecule has 3 nitrogen and oxygen atoms in total. The second kappa shape index (κ2) is 3.88. The first kappa shape index (κ1) is 11.4. The number of rotatable bonds is 4. The molecule has 0 fully saturated rings. The fourth-order valence-electron chi connectivity index (χ4n) is 1.41. The van der Waals surface area contributed by atoms with Crippen LogP contribution >= 0.6 is 0 Å². The van der Waals surface area contributed by atoms with Crippen LogP contribution in [0.2, 0.25) is 0 Å². The first-order valence-electron chi connectivity index (χ1n) is 4.01. The summed E-state index contributed by atoms with van der Waals surface area (Å²) < 4.78 is 10.5. The molecule has 0 aliphatic heterocycles. The number of nitriles is 1. The molecule has 0 spiro atoms. The van der Waals surface area contributed by atoms with E-state index in [0.717, 1.165) is 0 Å². The molecule has 0 N–H and O–H groups in total. The summed E-state index contributed by atoms with van der Waals surface area (Å²) in [5.74, 6) is -0.790. The number of nitrogens with zero attached hydrogens (tertiary/aromatic N) is 1. The Labute approximate surface area is 74.3 Å². The van der Waals surface area contributed by atoms with Gasteiger partial charge >= 0.3 is 0 Å². The maximum absolute atomic E-state index is 8.91. The van der Waals surface area contributed by atoms with Crippen LogP contribution in [0.5, 0.6) is 0 Å². The van der Waals surface area contributed by atoms with Crippen LogP contribution in [0.15, 0.2) is 0 Å². The van der Waals surface area contributed by atoms with Crippen molar-refractivity contribution in [2.24, 2.45) is 5.41 Å². The minimum atomic E-state index is -0.790. The Hall–Kier alpha value is -0.590. The number of hydrogen-bond acceptors (Lipinski definition) is 3. The molecule has 3 heteroatoms. The fourth-order valence-corrected chi connectivity index (χ4v) is 1.41. The Kier molecular flexibility index (Phi) is 3.69. The largest absolute Gasteiger partial charge is 0.352 e. The first-order valence-corrected chi connectivity index (χ1v) is 4.01. The summed E-state index contributed by atoms with van der Waals surface area (Å²) in [6.45, 7) is 5.55. The van der Waals surface area contributed by atoms with Crippen molar-refractivity contribution in [3.63, 3.8) is 0 Å². The normalized spacial score (nSPS) is 12.7. The lowest BCUT2D eigenvalue weighted by atomic mass is 9.83. The van der Waals surface area contributed by atoms with Crippen molar-refractivity contribution in [3.8, 4) is 6.07 Å². The minimum Gasteiger partial charge on any atom is -0.352 e. The maximum atomic E-state index is 8.91. The van der Waals surface area contributed by atoms with E-state index in [4.69, 9.17) is 14.7 Å². The molecule has 70 valence electrons. The SMILES string of the molecule is CCC(OC)(OC)C(C)(C)C#N. The molecule has 0 atom stereocenters. The molecular formula is C9H17NO2. The predicted molar refractivity (Wildman–Crippen MR) is 46.4 cm³/mol. The molecule has 0 radical (unpaired) electrons. The van der Waals surface area contributed by atoms with Gasteiger partial charge in [0.15, 0.2) is 5.79 Å². The zero-order valence-electron chi connectivity index (χ0n) is 8.47. The van der Waals surface area contributed by atoms with Gasteiger partial charge in [-0.2, -0.15) is 5.26 Å². The van der Waals surface area contributed by atoms with Crippen LogP contribution in [-0.4, -0.2) is 20.0 Å². The number of hydrogen-bond donors (Lipinski definition) is 0. The highest BCUT2D eigenvalue weighted by Crippen LogP contribution is 2.36. The van der Waals surface area contributed by atoms with Crippen molar-refractivity contribution in [2.75, 3.05) is 14.2 Å². The van der Waals surface area contributed by atoms with Gasteiger partial charge in [-0.3, -0.25) is 0 Å². The highest BCUT2D eigenvalue weighted by molar-refractivity contribution is 5.02. The quantitative estimate of drug-likeness (QED) is 0.607. The van der Waals surface area contributed by atoms with Crippen molar-refractivity contribution in [2.45, 2.75) is 33.0 Å². The zero-order valence-corrected chi connectivity index (χ0v) is 8.47. The number of methoxy groups -OCH3 is 2. The molecule has 0 aromatic rings. The van der Waals surface area contributed by atoms with Crippen molar-refractivity contribution in [3.05, 3.63) is 0 Å². The van der Waals surface area contributed by atoms with Gasteiger partial charge in [-0.25, -0.2) is 0 Å². The first-order chi connectivity index (χ1) is 5.49. The lowest BCUT2D eigenvalue weighted by molar-refractivity contribution is -0.254. The molecule has 0 rings (SSSR count). The summed E-state index contributed by atoms with van der Waals surface area (Å²) in [6.07, 6.45) is 0.653. The van der Waals surface area contributed by atoms with Gasteiger partial charge in [0.2, 0.25) is 0 Å². The van der Waals surface area contributed by atoms with Gasteiger partial charge in [0, 0.05) is 20.6 Å². The minimum absolute atomic E-state index is 0.634. The van der Waals surface area contributed by atoms with Gasteiger partial charge in [-0.1, -0.05) is 6.92 Å². The topological polar surface area (TPSA) is 42.2 Å². The fraction of sp³-hybridized carbons (Fsp3) is 0.889. The standard InChI is InChI=1S/C9H17NO2/c1-6-9(11-4,12-5)8(2,3)7-10/h6H2,1-5H3. The van der Waals surface area contributed by atoms with E-state index in [1.54, 1.807) is 14.2 Å². The molecule has 0 unspecified atom stereocenters. The zero-order chi connectivity index (χ0) is 9.83. The Bertz CT molecular complexity index is 169. The molecule has 0 saturated heterocycles. The van der Waals surface area contributed by atoms with E-state index >= 15 is 0 Å². The molecule has 0 aliphatic carbocycles. The summed E-state index contributed by atoms with van der Waals surface area (Å²) in [6, 6.07) is 2.18. The lowest BCUT2D eigenvalue weighted by Gasteiger charge is -2.39. The monoisotopic (exact) mass is 171 g/mol. The van der Waals surface area contributed by atoms with Gasteiger partial charge in [-0.15, -0.1) is 0 Å². The second-order valence-corrected chi connectivity index (χ2v) is 3.25. The van der Waals surface area contributed by atoms with E-state index in [1.165, 1.54) is 0 Å². The van der Waals surface area contributed by atoms with Gasteiger partial charge in [0.25, 0.3) is 0 Å². The van der Waals surface area contributed by atoms with Crippen LogP contribution in [0.3, 0.4) is 0 Å². The summed E-state index contributed by atoms with van der Waals surface area (Å²) >= 11 is 0. The van der Waals surface area contributed by atoms with Crippen molar-refractivity contribution in [1.82, 2.24) is 0 Å². The van der Waals surface area contributed by atoms with Crippen LogP contribution in [-0.2, 0) is 9.47 Å². The molecule has 0 aromatic heterocycles. The molecule has 0 heterocycles. The van der Waals surface area contributed by atoms with E-state index in [1.807, 2.05) is 20.8 Å². The van der Waals surface area contributed by atoms with Gasteiger partial charge in [0.1, 0.15) is 5.41 Å². The molecular weight excluding hydrogens is 154 g/mol. The summed E-state index contributed by atoms with van der Waals surface area (Å²) in [5.41, 5.74) is -0.634. The predicted octanol–water partition coefficient (Wildman–Crippen LogP) is 1.94. The van der Waals surface area contributed by atoms with Gasteiger partial charge in [-0.05, 0) is 13.8 Å². The summed E-state index contributed by atoms with van der Waals surface area (Å²) in [4.78, 5) is 0. The van der Waals surface area contributed by atoms with Crippen molar-refractivity contribution < 1.29 is 9.47 Å². The molecule has 12 heavy (non-hydrogen) atoms. The third-order valence-electron chi connectivity index (χ3n) is 2.36. The molecule has 0 aliphatic rings. The second-order valence-electron chi connectivity index (χ2n) is 3.25. The third-order valence-corrected chi connectivity index (χ3v) is 2.36. The highest BCUT2D eigenvalue weighted by atomic mass is 16.7. The average molecular weight is 171 g/mol. The Morgan fingerprint density at radius 2 is 1.67 bits per heavy atom. The highest BCUT2D eigenvalue weighted by Gasteiger charge is 2.45. The molecule has 0 aromatic carbocycles. The van der Waals surface area contributed by atoms with Gasteiger partial charge < -0.3 is 9.47 Å².